The van der Waals surface area contributed by atoms with Crippen molar-refractivity contribution in [1.82, 2.24) is 10.2 Å². The molecule has 1 amide bonds. The SMILES string of the molecule is O=C(NCC(c1ccc(Cl)cc1)N1CCOCC1)c1cc2cc(Cl)ccc2o1. The number of halogens is 2. The molecule has 1 saturated heterocycles. The quantitative estimate of drug-likeness (QED) is 0.660. The number of carbonyl (C=O) groups excluding carboxylic acids is 1. The Morgan fingerprint density at radius 3 is 2.50 bits per heavy atom. The maximum Gasteiger partial charge on any atom is 0.287 e. The molecular weight excluding hydrogens is 399 g/mol. The van der Waals surface area contributed by atoms with Gasteiger partial charge < -0.3 is 14.5 Å². The van der Waals surface area contributed by atoms with Crippen molar-refractivity contribution in [3.8, 4) is 0 Å². The zero-order valence-electron chi connectivity index (χ0n) is 15.2. The van der Waals surface area contributed by atoms with E-state index in [1.54, 1.807) is 24.3 Å². The van der Waals surface area contributed by atoms with Gasteiger partial charge in [-0.2, -0.15) is 0 Å². The smallest absolute Gasteiger partial charge is 0.287 e. The van der Waals surface area contributed by atoms with Gasteiger partial charge in [0.25, 0.3) is 5.91 Å². The average molecular weight is 419 g/mol. The van der Waals surface area contributed by atoms with E-state index in [1.165, 1.54) is 0 Å². The summed E-state index contributed by atoms with van der Waals surface area (Å²) in [6.07, 6.45) is 0. The first-order valence-corrected chi connectivity index (χ1v) is 9.90. The van der Waals surface area contributed by atoms with Crippen molar-refractivity contribution in [2.24, 2.45) is 0 Å². The number of hydrogen-bond acceptors (Lipinski definition) is 4. The first kappa shape index (κ1) is 19.3. The number of rotatable bonds is 5. The number of fused-ring (bicyclic) bond motifs is 1. The minimum absolute atomic E-state index is 0.0314. The number of nitrogens with zero attached hydrogens (tertiary/aromatic N) is 1. The summed E-state index contributed by atoms with van der Waals surface area (Å²) in [7, 11) is 0. The highest BCUT2D eigenvalue weighted by Gasteiger charge is 2.24. The van der Waals surface area contributed by atoms with Gasteiger partial charge in [-0.15, -0.1) is 0 Å². The molecule has 0 saturated carbocycles. The molecule has 1 aromatic heterocycles. The van der Waals surface area contributed by atoms with Crippen molar-refractivity contribution in [3.05, 3.63) is 69.9 Å². The van der Waals surface area contributed by atoms with Gasteiger partial charge in [-0.1, -0.05) is 35.3 Å². The van der Waals surface area contributed by atoms with Crippen LogP contribution in [0.1, 0.15) is 22.2 Å². The Kier molecular flexibility index (Phi) is 5.87. The van der Waals surface area contributed by atoms with E-state index in [0.717, 1.165) is 24.0 Å². The summed E-state index contributed by atoms with van der Waals surface area (Å²) in [5.74, 6) is 0.0219. The summed E-state index contributed by atoms with van der Waals surface area (Å²) in [4.78, 5) is 15.0. The fraction of sp³-hybridized carbons (Fsp3) is 0.286. The highest BCUT2D eigenvalue weighted by molar-refractivity contribution is 6.31. The molecule has 28 heavy (non-hydrogen) atoms. The van der Waals surface area contributed by atoms with Crippen molar-refractivity contribution in [2.75, 3.05) is 32.8 Å². The Morgan fingerprint density at radius 2 is 1.75 bits per heavy atom. The van der Waals surface area contributed by atoms with Crippen molar-refractivity contribution in [2.45, 2.75) is 6.04 Å². The molecule has 146 valence electrons. The van der Waals surface area contributed by atoms with Crippen LogP contribution in [-0.4, -0.2) is 43.7 Å². The van der Waals surface area contributed by atoms with Crippen molar-refractivity contribution >= 4 is 40.1 Å². The second kappa shape index (κ2) is 8.53. The average Bonchev–Trinajstić information content (AvgIpc) is 3.13. The monoisotopic (exact) mass is 418 g/mol. The van der Waals surface area contributed by atoms with E-state index in [0.29, 0.717) is 35.4 Å². The molecule has 1 unspecified atom stereocenters. The summed E-state index contributed by atoms with van der Waals surface area (Å²) in [5.41, 5.74) is 1.74. The lowest BCUT2D eigenvalue weighted by molar-refractivity contribution is 0.0161. The van der Waals surface area contributed by atoms with Crippen LogP contribution in [0.25, 0.3) is 11.0 Å². The first-order chi connectivity index (χ1) is 13.6. The molecule has 1 aliphatic rings. The van der Waals surface area contributed by atoms with Crippen molar-refractivity contribution in [1.29, 1.82) is 0 Å². The summed E-state index contributed by atoms with van der Waals surface area (Å²) in [6.45, 7) is 3.45. The second-order valence-electron chi connectivity index (χ2n) is 6.72. The number of carbonyl (C=O) groups is 1. The van der Waals surface area contributed by atoms with E-state index in [4.69, 9.17) is 32.4 Å². The number of benzene rings is 2. The third-order valence-corrected chi connectivity index (χ3v) is 5.39. The molecule has 2 aromatic carbocycles. The molecule has 0 bridgehead atoms. The lowest BCUT2D eigenvalue weighted by Gasteiger charge is -2.34. The van der Waals surface area contributed by atoms with E-state index in [9.17, 15) is 4.79 Å². The fourth-order valence-electron chi connectivity index (χ4n) is 3.43. The molecule has 0 aliphatic carbocycles. The van der Waals surface area contributed by atoms with Crippen LogP contribution in [0.2, 0.25) is 10.0 Å². The highest BCUT2D eigenvalue weighted by atomic mass is 35.5. The number of furan rings is 1. The van der Waals surface area contributed by atoms with E-state index in [2.05, 4.69) is 10.2 Å². The van der Waals surface area contributed by atoms with Gasteiger partial charge in [0.2, 0.25) is 0 Å². The largest absolute Gasteiger partial charge is 0.451 e. The van der Waals surface area contributed by atoms with Gasteiger partial charge in [-0.05, 0) is 42.0 Å². The van der Waals surface area contributed by atoms with Gasteiger partial charge in [0.15, 0.2) is 5.76 Å². The Balaban J connectivity index is 1.50. The summed E-state index contributed by atoms with van der Waals surface area (Å²) in [5, 5.41) is 5.11. The minimum Gasteiger partial charge on any atom is -0.451 e. The van der Waals surface area contributed by atoms with Crippen LogP contribution in [0.3, 0.4) is 0 Å². The highest BCUT2D eigenvalue weighted by Crippen LogP contribution is 2.25. The molecule has 4 rings (SSSR count). The lowest BCUT2D eigenvalue weighted by atomic mass is 10.0. The predicted octanol–water partition coefficient (Wildman–Crippen LogP) is 4.54. The number of ether oxygens (including phenoxy) is 1. The van der Waals surface area contributed by atoms with Gasteiger partial charge in [-0.25, -0.2) is 0 Å². The van der Waals surface area contributed by atoms with Crippen molar-refractivity contribution < 1.29 is 13.9 Å². The third kappa shape index (κ3) is 4.33. The molecule has 1 aliphatic heterocycles. The predicted molar refractivity (Wildman–Crippen MR) is 110 cm³/mol. The van der Waals surface area contributed by atoms with Gasteiger partial charge in [0, 0.05) is 35.1 Å². The van der Waals surface area contributed by atoms with Crippen LogP contribution in [0, 0.1) is 0 Å². The molecule has 1 N–H and O–H groups in total. The molecule has 3 aromatic rings. The Labute approximate surface area is 173 Å². The van der Waals surface area contributed by atoms with Gasteiger partial charge >= 0.3 is 0 Å². The number of amides is 1. The number of hydrogen-bond donors (Lipinski definition) is 1. The van der Waals surface area contributed by atoms with E-state index < -0.39 is 0 Å². The molecule has 1 atom stereocenters. The van der Waals surface area contributed by atoms with Crippen LogP contribution in [-0.2, 0) is 4.74 Å². The fourth-order valence-corrected chi connectivity index (χ4v) is 3.74. The topological polar surface area (TPSA) is 54.7 Å². The van der Waals surface area contributed by atoms with Crippen molar-refractivity contribution in [3.63, 3.8) is 0 Å². The van der Waals surface area contributed by atoms with Crippen LogP contribution in [0.4, 0.5) is 0 Å². The van der Waals surface area contributed by atoms with Gasteiger partial charge in [0.05, 0.1) is 19.3 Å². The maximum atomic E-state index is 12.7. The molecule has 5 nitrogen and oxygen atoms in total. The van der Waals surface area contributed by atoms with Crippen LogP contribution in [0.15, 0.2) is 52.9 Å². The summed E-state index contributed by atoms with van der Waals surface area (Å²) >= 11 is 12.0. The minimum atomic E-state index is -0.250. The normalized spacial score (nSPS) is 16.2. The Hall–Kier alpha value is -2.05. The summed E-state index contributed by atoms with van der Waals surface area (Å²) < 4.78 is 11.1. The van der Waals surface area contributed by atoms with Crippen LogP contribution in [0.5, 0.6) is 0 Å². The Bertz CT molecular complexity index is 965. The second-order valence-corrected chi connectivity index (χ2v) is 7.59. The third-order valence-electron chi connectivity index (χ3n) is 4.90. The number of morpholine rings is 1. The Morgan fingerprint density at radius 1 is 1.04 bits per heavy atom. The summed E-state index contributed by atoms with van der Waals surface area (Å²) in [6, 6.07) is 14.8. The molecule has 2 heterocycles. The molecule has 1 fully saturated rings. The molecular formula is C21H20Cl2N2O3. The molecule has 0 spiro atoms. The van der Waals surface area contributed by atoms with Crippen LogP contribution < -0.4 is 5.32 Å². The van der Waals surface area contributed by atoms with E-state index in [1.807, 2.05) is 24.3 Å². The van der Waals surface area contributed by atoms with Gasteiger partial charge in [0.1, 0.15) is 5.58 Å². The van der Waals surface area contributed by atoms with E-state index in [-0.39, 0.29) is 17.7 Å². The number of nitrogens with one attached hydrogen (secondary N) is 1. The maximum absolute atomic E-state index is 12.7. The lowest BCUT2D eigenvalue weighted by Crippen LogP contribution is -2.43. The van der Waals surface area contributed by atoms with E-state index >= 15 is 0 Å². The first-order valence-electron chi connectivity index (χ1n) is 9.15. The standard InChI is InChI=1S/C21H20Cl2N2O3/c22-16-3-1-14(2-4-16)18(25-7-9-27-10-8-25)13-24-21(26)20-12-15-11-17(23)5-6-19(15)28-20/h1-6,11-12,18H,7-10,13H2,(H,24,26). The zero-order valence-corrected chi connectivity index (χ0v) is 16.7. The zero-order chi connectivity index (χ0) is 19.5. The van der Waals surface area contributed by atoms with Gasteiger partial charge in [-0.3, -0.25) is 9.69 Å². The van der Waals surface area contributed by atoms with Crippen LogP contribution >= 0.6 is 23.2 Å². The molecule has 7 heteroatoms. The molecule has 0 radical (unpaired) electrons.